The van der Waals surface area contributed by atoms with Crippen LogP contribution in [0.3, 0.4) is 0 Å². The van der Waals surface area contributed by atoms with E-state index in [2.05, 4.69) is 24.7 Å². The molecule has 1 unspecified atom stereocenters. The van der Waals surface area contributed by atoms with Crippen LogP contribution in [0.15, 0.2) is 85.6 Å². The van der Waals surface area contributed by atoms with E-state index in [0.29, 0.717) is 11.5 Å². The predicted octanol–water partition coefficient (Wildman–Crippen LogP) is 2.99. The van der Waals surface area contributed by atoms with Crippen molar-refractivity contribution in [2.75, 3.05) is 0 Å². The zero-order valence-electron chi connectivity index (χ0n) is 16.9. The normalized spacial score (nSPS) is 12.2. The van der Waals surface area contributed by atoms with Crippen LogP contribution in [0, 0.1) is 5.82 Å². The van der Waals surface area contributed by atoms with Gasteiger partial charge >= 0.3 is 0 Å². The molecule has 32 heavy (non-hydrogen) atoms. The van der Waals surface area contributed by atoms with E-state index >= 15 is 0 Å². The fourth-order valence-corrected chi connectivity index (χ4v) is 3.96. The quantitative estimate of drug-likeness (QED) is 0.402. The van der Waals surface area contributed by atoms with Crippen molar-refractivity contribution in [3.05, 3.63) is 120 Å². The van der Waals surface area contributed by atoms with Gasteiger partial charge in [-0.05, 0) is 47.0 Å². The molecule has 0 radical (unpaired) electrons. The van der Waals surface area contributed by atoms with Gasteiger partial charge in [-0.3, -0.25) is 9.97 Å². The molecule has 0 fully saturated rings. The van der Waals surface area contributed by atoms with Gasteiger partial charge in [0, 0.05) is 36.9 Å². The number of benzene rings is 1. The molecule has 3 heterocycles. The van der Waals surface area contributed by atoms with E-state index in [-0.39, 0.29) is 18.3 Å². The van der Waals surface area contributed by atoms with Crippen molar-refractivity contribution >= 4 is 10.9 Å². The smallest absolute Gasteiger partial charge is 0.201 e. The summed E-state index contributed by atoms with van der Waals surface area (Å²) in [5.74, 6) is -0.521. The molecule has 0 saturated heterocycles. The van der Waals surface area contributed by atoms with Crippen molar-refractivity contribution in [1.82, 2.24) is 24.7 Å². The molecular weight excluding hydrogens is 429 g/mol. The highest BCUT2D eigenvalue weighted by molar-refractivity contribution is 7.70. The van der Waals surface area contributed by atoms with Crippen molar-refractivity contribution in [2.24, 2.45) is 0 Å². The summed E-state index contributed by atoms with van der Waals surface area (Å²) in [5, 5.41) is 0. The van der Waals surface area contributed by atoms with Gasteiger partial charge in [-0.15, -0.1) is 0 Å². The first-order chi connectivity index (χ1) is 15.6. The summed E-state index contributed by atoms with van der Waals surface area (Å²) < 4.78 is 38.0. The maximum Gasteiger partial charge on any atom is 0.201 e. The molecule has 4 rings (SSSR count). The summed E-state index contributed by atoms with van der Waals surface area (Å²) in [4.78, 5) is 17.7. The number of pyridine rings is 2. The van der Waals surface area contributed by atoms with Gasteiger partial charge in [0.15, 0.2) is 0 Å². The van der Waals surface area contributed by atoms with E-state index < -0.39 is 16.8 Å². The van der Waals surface area contributed by atoms with E-state index in [1.807, 2.05) is 24.3 Å². The molecule has 1 aromatic carbocycles. The van der Waals surface area contributed by atoms with Crippen molar-refractivity contribution in [3.8, 4) is 0 Å². The maximum atomic E-state index is 13.7. The van der Waals surface area contributed by atoms with Crippen molar-refractivity contribution in [2.45, 2.75) is 18.4 Å². The number of halogens is 1. The second kappa shape index (κ2) is 10.2. The van der Waals surface area contributed by atoms with Crippen LogP contribution >= 0.6 is 0 Å². The predicted molar refractivity (Wildman–Crippen MR) is 118 cm³/mol. The maximum absolute atomic E-state index is 13.7. The van der Waals surface area contributed by atoms with Crippen LogP contribution in [0.1, 0.15) is 40.0 Å². The van der Waals surface area contributed by atoms with Crippen LogP contribution in [0.25, 0.3) is 0 Å². The molecule has 1 N–H and O–H groups in total. The van der Waals surface area contributed by atoms with Crippen molar-refractivity contribution in [1.29, 1.82) is 0 Å². The lowest BCUT2D eigenvalue weighted by molar-refractivity contribution is 0.598. The first-order valence-electron chi connectivity index (χ1n) is 9.87. The Balaban J connectivity index is 1.88. The molecule has 1 atom stereocenters. The highest BCUT2D eigenvalue weighted by Crippen LogP contribution is 2.41. The lowest BCUT2D eigenvalue weighted by Crippen LogP contribution is -2.19. The van der Waals surface area contributed by atoms with Gasteiger partial charge in [-0.1, -0.05) is 24.3 Å². The van der Waals surface area contributed by atoms with Gasteiger partial charge in [0.25, 0.3) is 0 Å². The monoisotopic (exact) mass is 449 g/mol. The number of rotatable bonds is 8. The molecule has 0 amide bonds. The van der Waals surface area contributed by atoms with Crippen LogP contribution < -0.4 is 4.72 Å². The molecule has 0 saturated carbocycles. The molecule has 0 spiro atoms. The largest absolute Gasteiger partial charge is 0.264 e. The molecular formula is C23H20FN5O2S. The summed E-state index contributed by atoms with van der Waals surface area (Å²) in [7, 11) is -2.75. The Labute approximate surface area is 186 Å². The average molecular weight is 450 g/mol. The van der Waals surface area contributed by atoms with E-state index in [4.69, 9.17) is 0 Å². The highest BCUT2D eigenvalue weighted by atomic mass is 32.2. The number of nitrogens with one attached hydrogen (secondary N) is 1. The first-order valence-corrected chi connectivity index (χ1v) is 11.0. The summed E-state index contributed by atoms with van der Waals surface area (Å²) >= 11 is 0. The zero-order chi connectivity index (χ0) is 22.3. The molecule has 162 valence electrons. The Kier molecular flexibility index (Phi) is 6.88. The van der Waals surface area contributed by atoms with Crippen molar-refractivity contribution in [3.63, 3.8) is 0 Å². The lowest BCUT2D eigenvalue weighted by Gasteiger charge is -2.27. The third-order valence-corrected chi connectivity index (χ3v) is 5.47. The van der Waals surface area contributed by atoms with Crippen LogP contribution in [0.4, 0.5) is 4.39 Å². The second-order valence-electron chi connectivity index (χ2n) is 7.08. The molecule has 0 aliphatic carbocycles. The third kappa shape index (κ3) is 5.19. The minimum atomic E-state index is -2.75. The van der Waals surface area contributed by atoms with Gasteiger partial charge in [-0.25, -0.2) is 27.5 Å². The average Bonchev–Trinajstić information content (AvgIpc) is 2.83. The first kappa shape index (κ1) is 21.7. The summed E-state index contributed by atoms with van der Waals surface area (Å²) in [6.07, 6.45) is 8.55. The molecule has 3 aromatic heterocycles. The Morgan fingerprint density at radius 2 is 1.47 bits per heavy atom. The van der Waals surface area contributed by atoms with E-state index in [1.54, 1.807) is 49.2 Å². The van der Waals surface area contributed by atoms with Gasteiger partial charge in [0.2, 0.25) is 10.9 Å². The number of thiol groups is 1. The number of hydrogen-bond donors (Lipinski definition) is 2. The van der Waals surface area contributed by atoms with Crippen LogP contribution in [0.5, 0.6) is 0 Å². The molecule has 0 aliphatic rings. The van der Waals surface area contributed by atoms with Crippen LogP contribution in [-0.2, 0) is 17.4 Å². The van der Waals surface area contributed by atoms with Crippen molar-refractivity contribution < 1.29 is 12.8 Å². The lowest BCUT2D eigenvalue weighted by atomic mass is 9.77. The van der Waals surface area contributed by atoms with E-state index in [9.17, 15) is 12.8 Å². The third-order valence-electron chi connectivity index (χ3n) is 5.05. The summed E-state index contributed by atoms with van der Waals surface area (Å²) in [6, 6.07) is 15.5. The molecule has 4 aromatic rings. The van der Waals surface area contributed by atoms with Gasteiger partial charge in [-0.2, -0.15) is 0 Å². The fourth-order valence-electron chi connectivity index (χ4n) is 3.66. The Hall–Kier alpha value is -3.56. The Morgan fingerprint density at radius 1 is 0.812 bits per heavy atom. The minimum Gasteiger partial charge on any atom is -0.264 e. The molecule has 9 heteroatoms. The SMILES string of the molecule is O=[SH](=O)NCc1ccnc(C(c2ccc(F)cc2)C(c2cccnc2)c2cccnc2)n1. The topological polar surface area (TPSA) is 97.7 Å². The number of nitrogens with zero attached hydrogens (tertiary/aromatic N) is 4. The molecule has 0 bridgehead atoms. The van der Waals surface area contributed by atoms with E-state index in [0.717, 1.165) is 16.7 Å². The molecule has 7 nitrogen and oxygen atoms in total. The highest BCUT2D eigenvalue weighted by Gasteiger charge is 2.31. The number of aromatic nitrogens is 4. The summed E-state index contributed by atoms with van der Waals surface area (Å²) in [6.45, 7) is 0.0504. The van der Waals surface area contributed by atoms with Crippen LogP contribution in [-0.4, -0.2) is 28.4 Å². The summed E-state index contributed by atoms with van der Waals surface area (Å²) in [5.41, 5.74) is 3.18. The number of hydrogen-bond acceptors (Lipinski definition) is 6. The van der Waals surface area contributed by atoms with Crippen LogP contribution in [0.2, 0.25) is 0 Å². The fraction of sp³-hybridized carbons (Fsp3) is 0.130. The zero-order valence-corrected chi connectivity index (χ0v) is 17.8. The van der Waals surface area contributed by atoms with E-state index in [1.165, 1.54) is 12.1 Å². The van der Waals surface area contributed by atoms with Gasteiger partial charge < -0.3 is 0 Å². The minimum absolute atomic E-state index is 0.0504. The van der Waals surface area contributed by atoms with Gasteiger partial charge in [0.1, 0.15) is 11.6 Å². The second-order valence-corrected chi connectivity index (χ2v) is 7.91. The van der Waals surface area contributed by atoms with Gasteiger partial charge in [0.05, 0.1) is 18.2 Å². The Bertz CT molecular complexity index is 1190. The Morgan fingerprint density at radius 3 is 2.03 bits per heavy atom. The molecule has 0 aliphatic heterocycles. The standard InChI is InChI=1S/C23H20FN5O2S/c24-19-7-5-16(6-8-19)22(23-27-12-9-20(29-23)15-28-32(30)31)21(17-3-1-10-25-13-17)18-4-2-11-26-14-18/h1-14,21-22,32H,15H2,(H,28,30,31).